The number of carbonyl (C=O) groups excluding carboxylic acids is 1. The minimum atomic E-state index is -0.439. The Hall–Kier alpha value is -2.43. The second kappa shape index (κ2) is 6.34. The van der Waals surface area contributed by atoms with Crippen molar-refractivity contribution >= 4 is 18.1 Å². The molecule has 0 spiro atoms. The van der Waals surface area contributed by atoms with E-state index < -0.39 is 10.9 Å². The lowest BCUT2D eigenvalue weighted by Crippen LogP contribution is -1.93. The van der Waals surface area contributed by atoms with E-state index in [-0.39, 0.29) is 5.70 Å². The fourth-order valence-corrected chi connectivity index (χ4v) is 1.23. The molecule has 0 saturated heterocycles. The number of carbonyl (C=O) groups is 1. The molecule has 1 rings (SSSR count). The van der Waals surface area contributed by atoms with Crippen molar-refractivity contribution in [2.45, 2.75) is 6.92 Å². The zero-order chi connectivity index (χ0) is 13.5. The Morgan fingerprint density at radius 3 is 2.33 bits per heavy atom. The molecule has 5 heteroatoms. The molecule has 0 bridgehead atoms. The van der Waals surface area contributed by atoms with E-state index in [1.807, 2.05) is 0 Å². The van der Waals surface area contributed by atoms with Crippen LogP contribution < -0.4 is 0 Å². The van der Waals surface area contributed by atoms with Crippen LogP contribution in [-0.4, -0.2) is 18.0 Å². The average molecular weight is 247 g/mol. The van der Waals surface area contributed by atoms with Gasteiger partial charge in [0.05, 0.1) is 12.0 Å². The number of nitro groups is 1. The van der Waals surface area contributed by atoms with Crippen molar-refractivity contribution in [2.75, 3.05) is 7.11 Å². The third kappa shape index (κ3) is 4.21. The number of hydrogen-bond donors (Lipinski definition) is 0. The second-order valence-corrected chi connectivity index (χ2v) is 3.57. The van der Waals surface area contributed by atoms with Gasteiger partial charge in [-0.2, -0.15) is 0 Å². The van der Waals surface area contributed by atoms with Crippen LogP contribution in [0.15, 0.2) is 36.0 Å². The Morgan fingerprint density at radius 2 is 1.83 bits per heavy atom. The summed E-state index contributed by atoms with van der Waals surface area (Å²) in [5.74, 6) is -0.428. The fraction of sp³-hybridized carbons (Fsp3) is 0.154. The van der Waals surface area contributed by atoms with E-state index in [1.165, 1.54) is 26.2 Å². The summed E-state index contributed by atoms with van der Waals surface area (Å²) in [6, 6.07) is 7.00. The van der Waals surface area contributed by atoms with Crippen molar-refractivity contribution < 1.29 is 14.5 Å². The largest absolute Gasteiger partial charge is 0.466 e. The maximum absolute atomic E-state index is 10.9. The molecule has 5 nitrogen and oxygen atoms in total. The van der Waals surface area contributed by atoms with Gasteiger partial charge in [-0.25, -0.2) is 4.79 Å². The van der Waals surface area contributed by atoms with E-state index in [2.05, 4.69) is 4.74 Å². The van der Waals surface area contributed by atoms with Gasteiger partial charge in [0.25, 0.3) is 0 Å². The zero-order valence-electron chi connectivity index (χ0n) is 10.1. The number of hydrogen-bond acceptors (Lipinski definition) is 4. The van der Waals surface area contributed by atoms with Crippen molar-refractivity contribution in [3.63, 3.8) is 0 Å². The summed E-state index contributed by atoms with van der Waals surface area (Å²) in [7, 11) is 1.31. The van der Waals surface area contributed by atoms with Gasteiger partial charge in [0.15, 0.2) is 0 Å². The van der Waals surface area contributed by atoms with Crippen LogP contribution in [0, 0.1) is 10.1 Å². The van der Waals surface area contributed by atoms with Crippen LogP contribution in [-0.2, 0) is 9.53 Å². The molecule has 0 N–H and O–H groups in total. The van der Waals surface area contributed by atoms with Gasteiger partial charge in [-0.1, -0.05) is 24.3 Å². The second-order valence-electron chi connectivity index (χ2n) is 3.57. The van der Waals surface area contributed by atoms with Crippen LogP contribution >= 0.6 is 0 Å². The van der Waals surface area contributed by atoms with Gasteiger partial charge in [0, 0.05) is 19.1 Å². The molecule has 0 atom stereocenters. The van der Waals surface area contributed by atoms with Crippen molar-refractivity contribution in [3.8, 4) is 0 Å². The van der Waals surface area contributed by atoms with Gasteiger partial charge in [-0.15, -0.1) is 0 Å². The minimum Gasteiger partial charge on any atom is -0.466 e. The van der Waals surface area contributed by atoms with Gasteiger partial charge in [0.1, 0.15) is 0 Å². The molecular weight excluding hydrogens is 234 g/mol. The molecule has 1 aromatic carbocycles. The van der Waals surface area contributed by atoms with E-state index in [1.54, 1.807) is 30.3 Å². The Balaban J connectivity index is 2.81. The molecule has 94 valence electrons. The lowest BCUT2D eigenvalue weighted by atomic mass is 10.1. The van der Waals surface area contributed by atoms with Crippen LogP contribution in [0.3, 0.4) is 0 Å². The number of benzene rings is 1. The quantitative estimate of drug-likeness (QED) is 0.355. The van der Waals surface area contributed by atoms with Gasteiger partial charge in [-0.05, 0) is 17.2 Å². The normalized spacial score (nSPS) is 11.6. The van der Waals surface area contributed by atoms with Gasteiger partial charge < -0.3 is 4.74 Å². The topological polar surface area (TPSA) is 69.4 Å². The first kappa shape index (κ1) is 13.6. The molecular formula is C13H13NO4. The van der Waals surface area contributed by atoms with Crippen LogP contribution in [0.2, 0.25) is 0 Å². The molecule has 18 heavy (non-hydrogen) atoms. The summed E-state index contributed by atoms with van der Waals surface area (Å²) in [5, 5.41) is 10.5. The maximum atomic E-state index is 10.9. The molecule has 0 fully saturated rings. The molecule has 0 aliphatic rings. The number of ether oxygens (including phenoxy) is 1. The Morgan fingerprint density at radius 1 is 1.28 bits per heavy atom. The molecule has 0 amide bonds. The van der Waals surface area contributed by atoms with Crippen LogP contribution in [0.4, 0.5) is 0 Å². The summed E-state index contributed by atoms with van der Waals surface area (Å²) >= 11 is 0. The van der Waals surface area contributed by atoms with Gasteiger partial charge in [-0.3, -0.25) is 10.1 Å². The van der Waals surface area contributed by atoms with Gasteiger partial charge in [0.2, 0.25) is 5.70 Å². The van der Waals surface area contributed by atoms with Crippen molar-refractivity contribution in [3.05, 3.63) is 57.3 Å². The summed E-state index contributed by atoms with van der Waals surface area (Å²) in [5.41, 5.74) is 1.63. The highest BCUT2D eigenvalue weighted by Crippen LogP contribution is 2.10. The van der Waals surface area contributed by atoms with Gasteiger partial charge >= 0.3 is 5.97 Å². The lowest BCUT2D eigenvalue weighted by molar-refractivity contribution is -0.422. The predicted octanol–water partition coefficient (Wildman–Crippen LogP) is 2.51. The van der Waals surface area contributed by atoms with Crippen LogP contribution in [0.5, 0.6) is 0 Å². The minimum absolute atomic E-state index is 0.0767. The highest BCUT2D eigenvalue weighted by Gasteiger charge is 2.01. The molecule has 0 heterocycles. The van der Waals surface area contributed by atoms with E-state index in [0.717, 1.165) is 11.1 Å². The van der Waals surface area contributed by atoms with Crippen LogP contribution in [0.1, 0.15) is 18.1 Å². The Bertz CT molecular complexity index is 500. The van der Waals surface area contributed by atoms with Crippen molar-refractivity contribution in [1.82, 2.24) is 0 Å². The Labute approximate surface area is 105 Å². The standard InChI is InChI=1S/C13H13NO4/c1-10(14(16)17)9-12-5-3-11(4-6-12)7-8-13(15)18-2/h3-9H,1-2H3/b8-7+,10-9+. The third-order valence-electron chi connectivity index (χ3n) is 2.21. The first-order valence-corrected chi connectivity index (χ1v) is 5.21. The fourth-order valence-electron chi connectivity index (χ4n) is 1.23. The number of allylic oxidation sites excluding steroid dienone is 1. The molecule has 0 aromatic heterocycles. The monoisotopic (exact) mass is 247 g/mol. The van der Waals surface area contributed by atoms with E-state index in [0.29, 0.717) is 0 Å². The molecule has 0 radical (unpaired) electrons. The zero-order valence-corrected chi connectivity index (χ0v) is 10.1. The first-order chi connectivity index (χ1) is 8.52. The summed E-state index contributed by atoms with van der Waals surface area (Å²) in [6.45, 7) is 1.44. The van der Waals surface area contributed by atoms with E-state index in [9.17, 15) is 14.9 Å². The average Bonchev–Trinajstić information content (AvgIpc) is 2.37. The van der Waals surface area contributed by atoms with Crippen molar-refractivity contribution in [1.29, 1.82) is 0 Å². The predicted molar refractivity (Wildman–Crippen MR) is 68.1 cm³/mol. The smallest absolute Gasteiger partial charge is 0.330 e. The molecule has 0 aliphatic heterocycles. The lowest BCUT2D eigenvalue weighted by Gasteiger charge is -1.96. The first-order valence-electron chi connectivity index (χ1n) is 5.21. The number of esters is 1. The number of nitrogens with zero attached hydrogens (tertiary/aromatic N) is 1. The number of methoxy groups -OCH3 is 1. The molecule has 0 unspecified atom stereocenters. The van der Waals surface area contributed by atoms with E-state index in [4.69, 9.17) is 0 Å². The van der Waals surface area contributed by atoms with Crippen molar-refractivity contribution in [2.24, 2.45) is 0 Å². The summed E-state index contributed by atoms with van der Waals surface area (Å²) < 4.78 is 4.46. The SMILES string of the molecule is COC(=O)/C=C/c1ccc(/C=C(\C)[N+](=O)[O-])cc1. The highest BCUT2D eigenvalue weighted by molar-refractivity contribution is 5.86. The summed E-state index contributed by atoms with van der Waals surface area (Å²) in [6.07, 6.45) is 4.40. The van der Waals surface area contributed by atoms with E-state index >= 15 is 0 Å². The maximum Gasteiger partial charge on any atom is 0.330 e. The summed E-state index contributed by atoms with van der Waals surface area (Å²) in [4.78, 5) is 20.9. The highest BCUT2D eigenvalue weighted by atomic mass is 16.6. The molecule has 0 aliphatic carbocycles. The molecule has 0 saturated carbocycles. The third-order valence-corrected chi connectivity index (χ3v) is 2.21. The van der Waals surface area contributed by atoms with Crippen LogP contribution in [0.25, 0.3) is 12.2 Å². The molecule has 1 aromatic rings. The number of rotatable bonds is 4. The Kier molecular flexibility index (Phi) is 4.80.